The summed E-state index contributed by atoms with van der Waals surface area (Å²) in [6.45, 7) is 6.11. The number of hydrogen-bond acceptors (Lipinski definition) is 6. The lowest BCUT2D eigenvalue weighted by atomic mass is 10.0. The normalized spacial score (nSPS) is 13.7. The van der Waals surface area contributed by atoms with E-state index in [9.17, 15) is 14.2 Å². The molecule has 3 atom stereocenters. The van der Waals surface area contributed by atoms with Gasteiger partial charge in [-0.1, -0.05) is 112 Å². The molecule has 3 aromatic rings. The van der Waals surface area contributed by atoms with E-state index in [0.717, 1.165) is 16.7 Å². The monoisotopic (exact) mass is 593 g/mol. The summed E-state index contributed by atoms with van der Waals surface area (Å²) in [6, 6.07) is 27.0. The fourth-order valence-corrected chi connectivity index (χ4v) is 6.49. The van der Waals surface area contributed by atoms with Gasteiger partial charge in [0.05, 0.1) is 19.3 Å². The molecule has 0 aliphatic carbocycles. The van der Waals surface area contributed by atoms with Gasteiger partial charge in [-0.05, 0) is 35.4 Å². The summed E-state index contributed by atoms with van der Waals surface area (Å²) in [4.78, 5) is 26.5. The molecule has 226 valence electrons. The number of carbonyl (C=O) groups is 2. The van der Waals surface area contributed by atoms with Gasteiger partial charge >= 0.3 is 7.60 Å². The van der Waals surface area contributed by atoms with Gasteiger partial charge < -0.3 is 19.7 Å². The molecule has 0 bridgehead atoms. The second-order valence-corrected chi connectivity index (χ2v) is 12.9. The van der Waals surface area contributed by atoms with Gasteiger partial charge in [0.2, 0.25) is 11.8 Å². The molecule has 0 spiro atoms. The Kier molecular flexibility index (Phi) is 13.4. The second-order valence-electron chi connectivity index (χ2n) is 10.7. The maximum Gasteiger partial charge on any atom is 0.348 e. The third-order valence-electron chi connectivity index (χ3n) is 6.86. The fourth-order valence-electron chi connectivity index (χ4n) is 4.59. The zero-order valence-electron chi connectivity index (χ0n) is 25.0. The molecule has 8 nitrogen and oxygen atoms in total. The summed E-state index contributed by atoms with van der Waals surface area (Å²) < 4.78 is 26.6. The van der Waals surface area contributed by atoms with Crippen molar-refractivity contribution >= 4 is 19.4 Å². The first-order valence-corrected chi connectivity index (χ1v) is 16.1. The molecular weight excluding hydrogens is 549 g/mol. The van der Waals surface area contributed by atoms with Gasteiger partial charge in [0.1, 0.15) is 11.8 Å². The average molecular weight is 594 g/mol. The van der Waals surface area contributed by atoms with Crippen molar-refractivity contribution in [2.45, 2.75) is 71.1 Å². The molecule has 0 saturated heterocycles. The van der Waals surface area contributed by atoms with Crippen LogP contribution >= 0.6 is 7.60 Å². The SMILES string of the molecule is CC[C@H](N[C@@H](CC(C)C)C(=O)N[C@@H](Cc1ccccc1)C(=O)NC)P(=O)(OCc1ccccc1)OCc1ccccc1. The Morgan fingerprint density at radius 1 is 0.738 bits per heavy atom. The van der Waals surface area contributed by atoms with E-state index < -0.39 is 25.5 Å². The summed E-state index contributed by atoms with van der Waals surface area (Å²) >= 11 is 0. The van der Waals surface area contributed by atoms with E-state index in [4.69, 9.17) is 9.05 Å². The minimum Gasteiger partial charge on any atom is -0.357 e. The summed E-state index contributed by atoms with van der Waals surface area (Å²) in [5.41, 5.74) is 2.66. The minimum atomic E-state index is -3.78. The highest BCUT2D eigenvalue weighted by Crippen LogP contribution is 2.54. The zero-order valence-corrected chi connectivity index (χ0v) is 25.9. The van der Waals surface area contributed by atoms with Crippen LogP contribution in [0.2, 0.25) is 0 Å². The van der Waals surface area contributed by atoms with Crippen LogP contribution in [0.25, 0.3) is 0 Å². The molecule has 0 radical (unpaired) electrons. The van der Waals surface area contributed by atoms with E-state index >= 15 is 0 Å². The molecule has 0 saturated carbocycles. The third kappa shape index (κ3) is 10.5. The molecule has 42 heavy (non-hydrogen) atoms. The molecule has 0 aromatic heterocycles. The molecule has 0 heterocycles. The van der Waals surface area contributed by atoms with E-state index in [-0.39, 0.29) is 30.9 Å². The molecule has 0 unspecified atom stereocenters. The maximum atomic E-state index is 14.5. The van der Waals surface area contributed by atoms with Crippen LogP contribution in [-0.2, 0) is 42.8 Å². The first-order valence-electron chi connectivity index (χ1n) is 14.5. The molecule has 3 rings (SSSR count). The number of nitrogens with one attached hydrogen (secondary N) is 3. The summed E-state index contributed by atoms with van der Waals surface area (Å²) in [5.74, 6) is -1.24. The largest absolute Gasteiger partial charge is 0.357 e. The molecule has 3 N–H and O–H groups in total. The van der Waals surface area contributed by atoms with Crippen molar-refractivity contribution in [1.29, 1.82) is 0 Å². The predicted molar refractivity (Wildman–Crippen MR) is 167 cm³/mol. The molecular formula is C33H44N3O5P. The third-order valence-corrected chi connectivity index (χ3v) is 9.11. The van der Waals surface area contributed by atoms with E-state index in [2.05, 4.69) is 16.0 Å². The molecule has 0 aliphatic heterocycles. The van der Waals surface area contributed by atoms with Crippen LogP contribution in [0.1, 0.15) is 50.3 Å². The zero-order chi connectivity index (χ0) is 30.4. The summed E-state index contributed by atoms with van der Waals surface area (Å²) in [5, 5.41) is 8.90. The quantitative estimate of drug-likeness (QED) is 0.170. The lowest BCUT2D eigenvalue weighted by molar-refractivity contribution is -0.130. The molecule has 2 amide bonds. The summed E-state index contributed by atoms with van der Waals surface area (Å²) in [7, 11) is -2.23. The van der Waals surface area contributed by atoms with Crippen LogP contribution in [0.3, 0.4) is 0 Å². The molecule has 3 aromatic carbocycles. The number of carbonyl (C=O) groups excluding carboxylic acids is 2. The predicted octanol–water partition coefficient (Wildman–Crippen LogP) is 5.83. The van der Waals surface area contributed by atoms with Crippen LogP contribution in [0.4, 0.5) is 0 Å². The van der Waals surface area contributed by atoms with Crippen molar-refractivity contribution in [2.75, 3.05) is 7.05 Å². The summed E-state index contributed by atoms with van der Waals surface area (Å²) in [6.07, 6.45) is 1.20. The van der Waals surface area contributed by atoms with Gasteiger partial charge in [-0.2, -0.15) is 0 Å². The smallest absolute Gasteiger partial charge is 0.348 e. The van der Waals surface area contributed by atoms with Crippen LogP contribution in [0.15, 0.2) is 91.0 Å². The van der Waals surface area contributed by atoms with Crippen molar-refractivity contribution in [3.05, 3.63) is 108 Å². The van der Waals surface area contributed by atoms with Gasteiger partial charge in [-0.15, -0.1) is 0 Å². The van der Waals surface area contributed by atoms with Crippen molar-refractivity contribution in [1.82, 2.24) is 16.0 Å². The highest BCUT2D eigenvalue weighted by atomic mass is 31.2. The van der Waals surface area contributed by atoms with Gasteiger partial charge in [-0.25, -0.2) is 0 Å². The molecule has 9 heteroatoms. The Morgan fingerprint density at radius 2 is 1.21 bits per heavy atom. The van der Waals surface area contributed by atoms with Crippen molar-refractivity contribution < 1.29 is 23.2 Å². The lowest BCUT2D eigenvalue weighted by Gasteiger charge is -2.31. The standard InChI is InChI=1S/C33H44N3O5P/c1-5-31(42(39,40-23-27-17-11-7-12-18-27)41-24-28-19-13-8-14-20-28)35-29(21-25(2)3)33(38)36-30(32(37)34-4)22-26-15-9-6-10-16-26/h6-20,25,29-31,35H,5,21-24H2,1-4H3,(H,34,37)(H,36,38)/t29-,30-,31+/m0/s1. The second kappa shape index (κ2) is 17.0. The van der Waals surface area contributed by atoms with Crippen molar-refractivity contribution in [3.63, 3.8) is 0 Å². The van der Waals surface area contributed by atoms with Crippen molar-refractivity contribution in [2.24, 2.45) is 5.92 Å². The Bertz CT molecular complexity index is 1230. The Balaban J connectivity index is 1.83. The number of likely N-dealkylation sites (N-methyl/N-ethyl adjacent to an activating group) is 1. The van der Waals surface area contributed by atoms with E-state index in [1.54, 1.807) is 7.05 Å². The van der Waals surface area contributed by atoms with Crippen LogP contribution in [0, 0.1) is 5.92 Å². The van der Waals surface area contributed by atoms with Gasteiger partial charge in [0.25, 0.3) is 0 Å². The van der Waals surface area contributed by atoms with Crippen LogP contribution < -0.4 is 16.0 Å². The Morgan fingerprint density at radius 3 is 1.64 bits per heavy atom. The highest BCUT2D eigenvalue weighted by Gasteiger charge is 2.38. The number of hydrogen-bond donors (Lipinski definition) is 3. The maximum absolute atomic E-state index is 14.5. The minimum absolute atomic E-state index is 0.0992. The van der Waals surface area contributed by atoms with Crippen molar-refractivity contribution in [3.8, 4) is 0 Å². The highest BCUT2D eigenvalue weighted by molar-refractivity contribution is 7.54. The lowest BCUT2D eigenvalue weighted by Crippen LogP contribution is -2.55. The van der Waals surface area contributed by atoms with Crippen LogP contribution in [-0.4, -0.2) is 36.7 Å². The van der Waals surface area contributed by atoms with E-state index in [0.29, 0.717) is 19.3 Å². The number of benzene rings is 3. The van der Waals surface area contributed by atoms with Gasteiger partial charge in [-0.3, -0.25) is 19.5 Å². The number of amides is 2. The van der Waals surface area contributed by atoms with Crippen LogP contribution in [0.5, 0.6) is 0 Å². The first-order chi connectivity index (χ1) is 20.2. The molecule has 0 fully saturated rings. The first kappa shape index (κ1) is 33.2. The van der Waals surface area contributed by atoms with Gasteiger partial charge in [0.15, 0.2) is 0 Å². The average Bonchev–Trinajstić information content (AvgIpc) is 3.01. The van der Waals surface area contributed by atoms with E-state index in [1.165, 1.54) is 0 Å². The fraction of sp³-hybridized carbons (Fsp3) is 0.394. The van der Waals surface area contributed by atoms with Gasteiger partial charge in [0, 0.05) is 13.5 Å². The van der Waals surface area contributed by atoms with E-state index in [1.807, 2.05) is 112 Å². The topological polar surface area (TPSA) is 106 Å². The number of rotatable bonds is 17. The Hall–Kier alpha value is -3.29. The Labute approximate surface area is 250 Å². The molecule has 0 aliphatic rings.